The van der Waals surface area contributed by atoms with E-state index in [4.69, 9.17) is 5.11 Å². The average molecular weight is 258 g/mol. The van der Waals surface area contributed by atoms with Gasteiger partial charge in [0, 0.05) is 19.8 Å². The Hall–Kier alpha value is -2.56. The molecule has 1 amide bonds. The summed E-state index contributed by atoms with van der Waals surface area (Å²) < 4.78 is 1.73. The molecule has 1 heterocycles. The third-order valence-corrected chi connectivity index (χ3v) is 2.80. The van der Waals surface area contributed by atoms with Gasteiger partial charge in [0.15, 0.2) is 0 Å². The highest BCUT2D eigenvalue weighted by Crippen LogP contribution is 2.06. The topological polar surface area (TPSA) is 71.3 Å². The Morgan fingerprint density at radius 1 is 1.26 bits per heavy atom. The molecular weight excluding hydrogens is 244 g/mol. The summed E-state index contributed by atoms with van der Waals surface area (Å²) in [6.07, 6.45) is 1.79. The molecule has 0 bridgehead atoms. The number of aryl methyl sites for hydroxylation is 1. The Morgan fingerprint density at radius 3 is 2.68 bits per heavy atom. The van der Waals surface area contributed by atoms with Gasteiger partial charge in [-0.25, -0.2) is 4.79 Å². The van der Waals surface area contributed by atoms with Crippen molar-refractivity contribution < 1.29 is 14.7 Å². The minimum atomic E-state index is -0.976. The Bertz CT molecular complexity index is 617. The molecule has 2 rings (SSSR count). The zero-order chi connectivity index (χ0) is 13.8. The van der Waals surface area contributed by atoms with Crippen molar-refractivity contribution in [1.82, 2.24) is 9.88 Å². The lowest BCUT2D eigenvalue weighted by Crippen LogP contribution is -2.24. The van der Waals surface area contributed by atoms with Crippen molar-refractivity contribution in [2.75, 3.05) is 0 Å². The predicted octanol–water partition coefficient (Wildman–Crippen LogP) is 1.65. The summed E-state index contributed by atoms with van der Waals surface area (Å²) in [6, 6.07) is 10.0. The predicted molar refractivity (Wildman–Crippen MR) is 70.0 cm³/mol. The molecule has 2 N–H and O–H groups in total. The number of rotatable bonds is 4. The van der Waals surface area contributed by atoms with Gasteiger partial charge in [-0.1, -0.05) is 12.1 Å². The molecule has 0 aliphatic rings. The summed E-state index contributed by atoms with van der Waals surface area (Å²) in [6.45, 7) is 0.297. The van der Waals surface area contributed by atoms with Crippen molar-refractivity contribution in [1.29, 1.82) is 0 Å². The van der Waals surface area contributed by atoms with E-state index in [0.717, 1.165) is 5.56 Å². The molecule has 0 saturated heterocycles. The Balaban J connectivity index is 2.03. The van der Waals surface area contributed by atoms with Gasteiger partial charge in [0.25, 0.3) is 5.91 Å². The highest BCUT2D eigenvalue weighted by atomic mass is 16.4. The first kappa shape index (κ1) is 12.9. The van der Waals surface area contributed by atoms with E-state index in [1.165, 1.54) is 6.07 Å². The van der Waals surface area contributed by atoms with Crippen LogP contribution in [0.2, 0.25) is 0 Å². The fourth-order valence-electron chi connectivity index (χ4n) is 1.78. The number of benzene rings is 1. The molecule has 0 atom stereocenters. The summed E-state index contributed by atoms with van der Waals surface area (Å²) in [7, 11) is 1.79. The number of aromatic carboxylic acids is 1. The summed E-state index contributed by atoms with van der Waals surface area (Å²) in [5, 5.41) is 11.6. The maximum atomic E-state index is 11.9. The van der Waals surface area contributed by atoms with Gasteiger partial charge >= 0.3 is 5.97 Å². The van der Waals surface area contributed by atoms with Crippen LogP contribution in [-0.2, 0) is 13.6 Å². The van der Waals surface area contributed by atoms with Gasteiger partial charge in [-0.15, -0.1) is 0 Å². The van der Waals surface area contributed by atoms with Crippen LogP contribution < -0.4 is 5.32 Å². The van der Waals surface area contributed by atoms with Crippen molar-refractivity contribution in [3.8, 4) is 0 Å². The molecule has 0 fully saturated rings. The first-order valence-corrected chi connectivity index (χ1v) is 5.79. The molecule has 1 aromatic heterocycles. The number of hydrogen-bond acceptors (Lipinski definition) is 2. The summed E-state index contributed by atoms with van der Waals surface area (Å²) in [5.74, 6) is -1.16. The van der Waals surface area contributed by atoms with Crippen LogP contribution in [0, 0.1) is 0 Å². The molecular formula is C14H14N2O3. The number of carbonyl (C=O) groups excluding carboxylic acids is 1. The van der Waals surface area contributed by atoms with Crippen molar-refractivity contribution in [3.05, 3.63) is 59.4 Å². The minimum absolute atomic E-state index is 0.187. The number of nitrogens with one attached hydrogen (secondary N) is 1. The molecule has 98 valence electrons. The SMILES string of the molecule is Cn1cccc1C(=O)NCc1cccc(C(=O)O)c1. The van der Waals surface area contributed by atoms with Gasteiger partial charge in [0.1, 0.15) is 5.69 Å². The second-order valence-corrected chi connectivity index (χ2v) is 4.19. The molecule has 5 nitrogen and oxygen atoms in total. The largest absolute Gasteiger partial charge is 0.478 e. The van der Waals surface area contributed by atoms with E-state index in [9.17, 15) is 9.59 Å². The zero-order valence-electron chi connectivity index (χ0n) is 10.5. The van der Waals surface area contributed by atoms with Crippen LogP contribution in [-0.4, -0.2) is 21.6 Å². The van der Waals surface area contributed by atoms with Gasteiger partial charge in [-0.05, 0) is 29.8 Å². The van der Waals surface area contributed by atoms with Crippen molar-refractivity contribution in [2.45, 2.75) is 6.54 Å². The van der Waals surface area contributed by atoms with Crippen LogP contribution >= 0.6 is 0 Å². The lowest BCUT2D eigenvalue weighted by Gasteiger charge is -2.07. The van der Waals surface area contributed by atoms with E-state index >= 15 is 0 Å². The summed E-state index contributed by atoms with van der Waals surface area (Å²) in [4.78, 5) is 22.7. The number of carboxylic acid groups (broad SMARTS) is 1. The Morgan fingerprint density at radius 2 is 2.05 bits per heavy atom. The molecule has 2 aromatic rings. The molecule has 0 aliphatic carbocycles. The van der Waals surface area contributed by atoms with Crippen LogP contribution in [0.1, 0.15) is 26.4 Å². The second kappa shape index (κ2) is 5.39. The highest BCUT2D eigenvalue weighted by Gasteiger charge is 2.09. The number of carbonyl (C=O) groups is 2. The van der Waals surface area contributed by atoms with Gasteiger partial charge < -0.3 is 15.0 Å². The molecule has 5 heteroatoms. The summed E-state index contributed by atoms with van der Waals surface area (Å²) in [5.41, 5.74) is 1.53. The van der Waals surface area contributed by atoms with Gasteiger partial charge in [-0.3, -0.25) is 4.79 Å². The fraction of sp³-hybridized carbons (Fsp3) is 0.143. The van der Waals surface area contributed by atoms with E-state index in [1.54, 1.807) is 48.1 Å². The maximum absolute atomic E-state index is 11.9. The first-order valence-electron chi connectivity index (χ1n) is 5.79. The molecule has 0 spiro atoms. The van der Waals surface area contributed by atoms with E-state index in [1.807, 2.05) is 0 Å². The Kier molecular flexibility index (Phi) is 3.66. The monoisotopic (exact) mass is 258 g/mol. The maximum Gasteiger partial charge on any atom is 0.335 e. The number of hydrogen-bond donors (Lipinski definition) is 2. The number of nitrogens with zero attached hydrogens (tertiary/aromatic N) is 1. The molecule has 0 unspecified atom stereocenters. The molecule has 0 aliphatic heterocycles. The first-order chi connectivity index (χ1) is 9.08. The van der Waals surface area contributed by atoms with Crippen molar-refractivity contribution in [2.24, 2.45) is 7.05 Å². The third-order valence-electron chi connectivity index (χ3n) is 2.80. The molecule has 0 saturated carbocycles. The normalized spacial score (nSPS) is 10.2. The van der Waals surface area contributed by atoms with Crippen LogP contribution in [0.3, 0.4) is 0 Å². The average Bonchev–Trinajstić information content (AvgIpc) is 2.82. The highest BCUT2D eigenvalue weighted by molar-refractivity contribution is 5.92. The molecule has 0 radical (unpaired) electrons. The van der Waals surface area contributed by atoms with E-state index in [2.05, 4.69) is 5.32 Å². The molecule has 19 heavy (non-hydrogen) atoms. The third kappa shape index (κ3) is 3.01. The number of aromatic nitrogens is 1. The van der Waals surface area contributed by atoms with Gasteiger partial charge in [0.2, 0.25) is 0 Å². The minimum Gasteiger partial charge on any atom is -0.478 e. The van der Waals surface area contributed by atoms with Crippen LogP contribution in [0.4, 0.5) is 0 Å². The van der Waals surface area contributed by atoms with Crippen LogP contribution in [0.25, 0.3) is 0 Å². The van der Waals surface area contributed by atoms with Gasteiger partial charge in [-0.2, -0.15) is 0 Å². The lowest BCUT2D eigenvalue weighted by atomic mass is 10.1. The van der Waals surface area contributed by atoms with Crippen molar-refractivity contribution >= 4 is 11.9 Å². The number of amides is 1. The fourth-order valence-corrected chi connectivity index (χ4v) is 1.78. The molecule has 1 aromatic carbocycles. The van der Waals surface area contributed by atoms with Gasteiger partial charge in [0.05, 0.1) is 5.56 Å². The zero-order valence-corrected chi connectivity index (χ0v) is 10.5. The van der Waals surface area contributed by atoms with E-state index in [-0.39, 0.29) is 11.5 Å². The van der Waals surface area contributed by atoms with Crippen LogP contribution in [0.15, 0.2) is 42.6 Å². The van der Waals surface area contributed by atoms with Crippen LogP contribution in [0.5, 0.6) is 0 Å². The van der Waals surface area contributed by atoms with E-state index in [0.29, 0.717) is 12.2 Å². The second-order valence-electron chi connectivity index (χ2n) is 4.19. The Labute approximate surface area is 110 Å². The smallest absolute Gasteiger partial charge is 0.335 e. The lowest BCUT2D eigenvalue weighted by molar-refractivity contribution is 0.0696. The van der Waals surface area contributed by atoms with Crippen molar-refractivity contribution in [3.63, 3.8) is 0 Å². The van der Waals surface area contributed by atoms with E-state index < -0.39 is 5.97 Å². The summed E-state index contributed by atoms with van der Waals surface area (Å²) >= 11 is 0. The quantitative estimate of drug-likeness (QED) is 0.876. The standard InChI is InChI=1S/C14H14N2O3/c1-16-7-3-6-12(16)13(17)15-9-10-4-2-5-11(8-10)14(18)19/h2-8H,9H2,1H3,(H,15,17)(H,18,19). The number of carboxylic acids is 1.